The topological polar surface area (TPSA) is 117 Å². The van der Waals surface area contributed by atoms with Gasteiger partial charge in [0.15, 0.2) is 20.7 Å². The lowest BCUT2D eigenvalue weighted by molar-refractivity contribution is -0.110. The molecular formula is C24H30N6O4S2. The Morgan fingerprint density at radius 1 is 1.14 bits per heavy atom. The standard InChI is InChI=1S/C24H30N6O4S2/c1-29(2)13-6-16-34-20-12-11-19-23(26-20)35-24(25-19)27-22(31)21(28-30-14-4-5-15-30)17-7-9-18(10-8-17)36(3,32)33/h7-12H,4-6,13-16H2,1-3H3,(H,25,27,31)/b28-21-. The maximum Gasteiger partial charge on any atom is 0.278 e. The fourth-order valence-corrected chi connectivity index (χ4v) is 5.14. The maximum atomic E-state index is 13.3. The first-order valence-electron chi connectivity index (χ1n) is 11.7. The van der Waals surface area contributed by atoms with E-state index >= 15 is 0 Å². The van der Waals surface area contributed by atoms with Gasteiger partial charge in [-0.05, 0) is 51.6 Å². The number of carbonyl (C=O) groups excluding carboxylic acids is 1. The van der Waals surface area contributed by atoms with E-state index in [0.29, 0.717) is 33.5 Å². The zero-order valence-corrected chi connectivity index (χ0v) is 22.2. The molecule has 1 fully saturated rings. The van der Waals surface area contributed by atoms with Gasteiger partial charge in [-0.15, -0.1) is 0 Å². The van der Waals surface area contributed by atoms with Gasteiger partial charge in [0.05, 0.1) is 11.5 Å². The number of nitrogens with zero attached hydrogens (tertiary/aromatic N) is 5. The molecule has 4 rings (SSSR count). The lowest BCUT2D eigenvalue weighted by Crippen LogP contribution is -2.27. The summed E-state index contributed by atoms with van der Waals surface area (Å²) in [5, 5.41) is 9.68. The molecule has 1 aliphatic rings. The van der Waals surface area contributed by atoms with Crippen molar-refractivity contribution in [2.75, 3.05) is 51.9 Å². The van der Waals surface area contributed by atoms with E-state index in [1.54, 1.807) is 18.2 Å². The molecule has 12 heteroatoms. The third-order valence-corrected chi connectivity index (χ3v) is 7.55. The first-order chi connectivity index (χ1) is 17.2. The van der Waals surface area contributed by atoms with Crippen molar-refractivity contribution in [3.63, 3.8) is 0 Å². The maximum absolute atomic E-state index is 13.3. The first kappa shape index (κ1) is 26.0. The number of anilines is 1. The fourth-order valence-electron chi connectivity index (χ4n) is 3.68. The largest absolute Gasteiger partial charge is 0.478 e. The number of sulfone groups is 1. The second-order valence-electron chi connectivity index (χ2n) is 8.86. The van der Waals surface area contributed by atoms with Crippen molar-refractivity contribution < 1.29 is 17.9 Å². The number of aromatic nitrogens is 2. The number of ether oxygens (including phenoxy) is 1. The summed E-state index contributed by atoms with van der Waals surface area (Å²) >= 11 is 1.25. The van der Waals surface area contributed by atoms with E-state index in [1.807, 2.05) is 25.2 Å². The molecule has 2 aromatic heterocycles. The van der Waals surface area contributed by atoms with Crippen LogP contribution in [0, 0.1) is 0 Å². The Labute approximate surface area is 214 Å². The molecule has 3 aromatic rings. The van der Waals surface area contributed by atoms with E-state index < -0.39 is 15.7 Å². The molecule has 0 radical (unpaired) electrons. The van der Waals surface area contributed by atoms with Gasteiger partial charge >= 0.3 is 0 Å². The first-order valence-corrected chi connectivity index (χ1v) is 14.4. The van der Waals surface area contributed by atoms with Crippen LogP contribution >= 0.6 is 11.3 Å². The van der Waals surface area contributed by atoms with Crippen LogP contribution in [0.4, 0.5) is 5.13 Å². The molecule has 0 bridgehead atoms. The lowest BCUT2D eigenvalue weighted by atomic mass is 10.1. The van der Waals surface area contributed by atoms with E-state index in [1.165, 1.54) is 23.5 Å². The van der Waals surface area contributed by atoms with E-state index in [9.17, 15) is 13.2 Å². The van der Waals surface area contributed by atoms with Gasteiger partial charge in [-0.2, -0.15) is 5.10 Å². The van der Waals surface area contributed by atoms with Crippen LogP contribution in [0.5, 0.6) is 5.88 Å². The molecule has 1 saturated heterocycles. The Morgan fingerprint density at radius 2 is 1.86 bits per heavy atom. The van der Waals surface area contributed by atoms with Gasteiger partial charge in [-0.1, -0.05) is 23.5 Å². The van der Waals surface area contributed by atoms with Crippen LogP contribution < -0.4 is 10.1 Å². The smallest absolute Gasteiger partial charge is 0.278 e. The number of hydrazone groups is 1. The van der Waals surface area contributed by atoms with E-state index in [4.69, 9.17) is 4.74 Å². The second kappa shape index (κ2) is 11.3. The molecule has 1 N–H and O–H groups in total. The summed E-state index contributed by atoms with van der Waals surface area (Å²) in [6.45, 7) is 3.02. The minimum absolute atomic E-state index is 0.184. The Morgan fingerprint density at radius 3 is 2.53 bits per heavy atom. The summed E-state index contributed by atoms with van der Waals surface area (Å²) < 4.78 is 29.4. The van der Waals surface area contributed by atoms with Gasteiger partial charge in [0.1, 0.15) is 10.3 Å². The summed E-state index contributed by atoms with van der Waals surface area (Å²) in [5.41, 5.74) is 1.39. The predicted octanol–water partition coefficient (Wildman–Crippen LogP) is 2.86. The average Bonchev–Trinajstić information content (AvgIpc) is 3.48. The number of carbonyl (C=O) groups is 1. The molecule has 192 valence electrons. The Balaban J connectivity index is 1.52. The average molecular weight is 531 g/mol. The van der Waals surface area contributed by atoms with Crippen molar-refractivity contribution in [1.82, 2.24) is 19.9 Å². The van der Waals surface area contributed by atoms with Gasteiger partial charge in [-0.3, -0.25) is 15.1 Å². The number of benzene rings is 1. The van der Waals surface area contributed by atoms with Crippen LogP contribution in [0.15, 0.2) is 46.4 Å². The minimum Gasteiger partial charge on any atom is -0.478 e. The molecule has 36 heavy (non-hydrogen) atoms. The van der Waals surface area contributed by atoms with Crippen LogP contribution in [0.3, 0.4) is 0 Å². The molecule has 0 aliphatic carbocycles. The fraction of sp³-hybridized carbons (Fsp3) is 0.417. The molecule has 0 unspecified atom stereocenters. The number of pyridine rings is 1. The minimum atomic E-state index is -3.34. The molecule has 0 saturated carbocycles. The zero-order valence-electron chi connectivity index (χ0n) is 20.6. The highest BCUT2D eigenvalue weighted by atomic mass is 32.2. The summed E-state index contributed by atoms with van der Waals surface area (Å²) in [4.78, 5) is 25.2. The molecule has 1 amide bonds. The predicted molar refractivity (Wildman–Crippen MR) is 142 cm³/mol. The van der Waals surface area contributed by atoms with Crippen molar-refractivity contribution >= 4 is 48.3 Å². The third kappa shape index (κ3) is 6.77. The normalized spacial score (nSPS) is 14.6. The van der Waals surface area contributed by atoms with E-state index in [2.05, 4.69) is 25.3 Å². The summed E-state index contributed by atoms with van der Waals surface area (Å²) in [5.74, 6) is 0.0956. The molecule has 1 aromatic carbocycles. The lowest BCUT2D eigenvalue weighted by Gasteiger charge is -2.14. The van der Waals surface area contributed by atoms with Crippen molar-refractivity contribution in [2.24, 2.45) is 5.10 Å². The van der Waals surface area contributed by atoms with Gasteiger partial charge in [0.2, 0.25) is 5.88 Å². The Kier molecular flexibility index (Phi) is 8.17. The summed E-state index contributed by atoms with van der Waals surface area (Å²) in [7, 11) is 0.690. The Hall–Kier alpha value is -3.09. The number of hydrogen-bond acceptors (Lipinski definition) is 10. The highest BCUT2D eigenvalue weighted by Gasteiger charge is 2.21. The number of nitrogens with one attached hydrogen (secondary N) is 1. The number of rotatable bonds is 10. The van der Waals surface area contributed by atoms with E-state index in [0.717, 1.165) is 45.2 Å². The second-order valence-corrected chi connectivity index (χ2v) is 11.9. The molecule has 0 atom stereocenters. The van der Waals surface area contributed by atoms with E-state index in [-0.39, 0.29) is 10.6 Å². The SMILES string of the molecule is CN(C)CCCOc1ccc2nc(NC(=O)/C(=N\N3CCCC3)c3ccc(S(C)(=O)=O)cc3)sc2n1. The van der Waals surface area contributed by atoms with Crippen molar-refractivity contribution in [3.05, 3.63) is 42.0 Å². The summed E-state index contributed by atoms with van der Waals surface area (Å²) in [6, 6.07) is 9.76. The monoisotopic (exact) mass is 530 g/mol. The number of fused-ring (bicyclic) bond motifs is 1. The molecule has 0 spiro atoms. The van der Waals surface area contributed by atoms with Crippen LogP contribution in [-0.4, -0.2) is 86.5 Å². The zero-order chi connectivity index (χ0) is 25.7. The Bertz CT molecular complexity index is 1350. The quantitative estimate of drug-likeness (QED) is 0.314. The van der Waals surface area contributed by atoms with Gasteiger partial charge in [0, 0.05) is 37.5 Å². The molecule has 10 nitrogen and oxygen atoms in total. The van der Waals surface area contributed by atoms with Crippen LogP contribution in [0.2, 0.25) is 0 Å². The van der Waals surface area contributed by atoms with Gasteiger partial charge in [-0.25, -0.2) is 18.4 Å². The van der Waals surface area contributed by atoms with Crippen LogP contribution in [0.1, 0.15) is 24.8 Å². The third-order valence-electron chi connectivity index (χ3n) is 5.54. The highest BCUT2D eigenvalue weighted by Crippen LogP contribution is 2.26. The van der Waals surface area contributed by atoms with Crippen molar-refractivity contribution in [1.29, 1.82) is 0 Å². The number of amides is 1. The van der Waals surface area contributed by atoms with Gasteiger partial charge in [0.25, 0.3) is 5.91 Å². The molecule has 3 heterocycles. The van der Waals surface area contributed by atoms with Crippen LogP contribution in [0.25, 0.3) is 10.3 Å². The number of thiazole rings is 1. The van der Waals surface area contributed by atoms with Gasteiger partial charge < -0.3 is 9.64 Å². The molecular weight excluding hydrogens is 500 g/mol. The van der Waals surface area contributed by atoms with Crippen molar-refractivity contribution in [2.45, 2.75) is 24.2 Å². The number of hydrogen-bond donors (Lipinski definition) is 1. The van der Waals surface area contributed by atoms with Crippen molar-refractivity contribution in [3.8, 4) is 5.88 Å². The van der Waals surface area contributed by atoms with Crippen LogP contribution in [-0.2, 0) is 14.6 Å². The highest BCUT2D eigenvalue weighted by molar-refractivity contribution is 7.90. The molecule has 1 aliphatic heterocycles. The summed E-state index contributed by atoms with van der Waals surface area (Å²) in [6.07, 6.45) is 4.05.